The molecule has 1 heterocycles. The molecule has 1 amide bonds. The highest BCUT2D eigenvalue weighted by atomic mass is 16.2. The third kappa shape index (κ3) is 5.21. The molecule has 1 aromatic rings. The number of carbonyl (C=O) groups excluding carboxylic acids is 1. The Bertz CT molecular complexity index is 589. The van der Waals surface area contributed by atoms with Gasteiger partial charge in [-0.05, 0) is 75.3 Å². The SMILES string of the molecule is Cc1cc(N2CCCC2)ccc1NC(=O)CN(CCC(C)C)C1CC1. The van der Waals surface area contributed by atoms with Gasteiger partial charge in [-0.2, -0.15) is 0 Å². The first-order valence-electron chi connectivity index (χ1n) is 9.92. The molecule has 0 aromatic heterocycles. The Morgan fingerprint density at radius 3 is 2.60 bits per heavy atom. The van der Waals surface area contributed by atoms with E-state index in [0.717, 1.165) is 37.3 Å². The van der Waals surface area contributed by atoms with Crippen molar-refractivity contribution in [2.24, 2.45) is 5.92 Å². The Hall–Kier alpha value is -1.55. The van der Waals surface area contributed by atoms with Gasteiger partial charge in [0, 0.05) is 30.5 Å². The number of anilines is 2. The third-order valence-corrected chi connectivity index (χ3v) is 5.36. The van der Waals surface area contributed by atoms with Gasteiger partial charge in [0.2, 0.25) is 5.91 Å². The molecule has 2 aliphatic rings. The lowest BCUT2D eigenvalue weighted by atomic mass is 10.1. The maximum Gasteiger partial charge on any atom is 0.238 e. The van der Waals surface area contributed by atoms with Crippen molar-refractivity contribution >= 4 is 17.3 Å². The highest BCUT2D eigenvalue weighted by molar-refractivity contribution is 5.93. The predicted molar refractivity (Wildman–Crippen MR) is 105 cm³/mol. The van der Waals surface area contributed by atoms with Crippen LogP contribution in [0.25, 0.3) is 0 Å². The quantitative estimate of drug-likeness (QED) is 0.773. The smallest absolute Gasteiger partial charge is 0.238 e. The van der Waals surface area contributed by atoms with Crippen molar-refractivity contribution < 1.29 is 4.79 Å². The zero-order chi connectivity index (χ0) is 17.8. The molecular weight excluding hydrogens is 310 g/mol. The molecular formula is C21H33N3O. The molecule has 1 aliphatic carbocycles. The lowest BCUT2D eigenvalue weighted by Crippen LogP contribution is -2.36. The first kappa shape index (κ1) is 18.2. The second-order valence-electron chi connectivity index (χ2n) is 8.13. The summed E-state index contributed by atoms with van der Waals surface area (Å²) in [5, 5.41) is 3.13. The number of benzene rings is 1. The van der Waals surface area contributed by atoms with E-state index in [1.54, 1.807) is 0 Å². The summed E-state index contributed by atoms with van der Waals surface area (Å²) < 4.78 is 0. The number of hydrogen-bond acceptors (Lipinski definition) is 3. The maximum atomic E-state index is 12.5. The lowest BCUT2D eigenvalue weighted by Gasteiger charge is -2.23. The average Bonchev–Trinajstić information content (AvgIpc) is 3.27. The fourth-order valence-corrected chi connectivity index (χ4v) is 3.59. The van der Waals surface area contributed by atoms with Crippen molar-refractivity contribution in [3.63, 3.8) is 0 Å². The zero-order valence-electron chi connectivity index (χ0n) is 16.1. The standard InChI is InChI=1S/C21H33N3O/c1-16(2)10-13-24(18-6-7-18)15-21(25)22-20-9-8-19(14-17(20)3)23-11-4-5-12-23/h8-9,14,16,18H,4-7,10-13,15H2,1-3H3,(H,22,25). The summed E-state index contributed by atoms with van der Waals surface area (Å²) >= 11 is 0. The van der Waals surface area contributed by atoms with Crippen LogP contribution in [0.2, 0.25) is 0 Å². The van der Waals surface area contributed by atoms with Crippen LogP contribution in [0.5, 0.6) is 0 Å². The van der Waals surface area contributed by atoms with Crippen LogP contribution in [0.4, 0.5) is 11.4 Å². The third-order valence-electron chi connectivity index (χ3n) is 5.36. The molecule has 4 nitrogen and oxygen atoms in total. The molecule has 3 rings (SSSR count). The molecule has 0 radical (unpaired) electrons. The van der Waals surface area contributed by atoms with Crippen LogP contribution in [-0.4, -0.2) is 43.0 Å². The summed E-state index contributed by atoms with van der Waals surface area (Å²) in [5.41, 5.74) is 3.38. The summed E-state index contributed by atoms with van der Waals surface area (Å²) in [4.78, 5) is 17.3. The van der Waals surface area contributed by atoms with Crippen LogP contribution in [0.15, 0.2) is 18.2 Å². The van der Waals surface area contributed by atoms with E-state index in [0.29, 0.717) is 18.5 Å². The van der Waals surface area contributed by atoms with Crippen molar-refractivity contribution in [1.82, 2.24) is 4.90 Å². The van der Waals surface area contributed by atoms with Gasteiger partial charge in [-0.1, -0.05) is 13.8 Å². The highest BCUT2D eigenvalue weighted by Gasteiger charge is 2.30. The van der Waals surface area contributed by atoms with Gasteiger partial charge in [0.1, 0.15) is 0 Å². The predicted octanol–water partition coefficient (Wildman–Crippen LogP) is 4.04. The van der Waals surface area contributed by atoms with E-state index < -0.39 is 0 Å². The largest absolute Gasteiger partial charge is 0.372 e. The Labute approximate surface area is 152 Å². The zero-order valence-corrected chi connectivity index (χ0v) is 16.1. The second kappa shape index (κ2) is 8.22. The number of aryl methyl sites for hydroxylation is 1. The van der Waals surface area contributed by atoms with E-state index in [-0.39, 0.29) is 5.91 Å². The van der Waals surface area contributed by atoms with E-state index in [9.17, 15) is 4.79 Å². The lowest BCUT2D eigenvalue weighted by molar-refractivity contribution is -0.117. The molecule has 1 saturated heterocycles. The Kier molecular flexibility index (Phi) is 6.00. The molecule has 0 spiro atoms. The van der Waals surface area contributed by atoms with Crippen LogP contribution < -0.4 is 10.2 Å². The summed E-state index contributed by atoms with van der Waals surface area (Å²) in [6.07, 6.45) is 6.22. The summed E-state index contributed by atoms with van der Waals surface area (Å²) in [6, 6.07) is 7.04. The Balaban J connectivity index is 1.56. The molecule has 4 heteroatoms. The number of amides is 1. The molecule has 1 N–H and O–H groups in total. The van der Waals surface area contributed by atoms with Crippen LogP contribution >= 0.6 is 0 Å². The van der Waals surface area contributed by atoms with Crippen molar-refractivity contribution in [1.29, 1.82) is 0 Å². The fraction of sp³-hybridized carbons (Fsp3) is 0.667. The van der Waals surface area contributed by atoms with Crippen LogP contribution in [0, 0.1) is 12.8 Å². The van der Waals surface area contributed by atoms with Gasteiger partial charge in [-0.15, -0.1) is 0 Å². The van der Waals surface area contributed by atoms with E-state index in [1.165, 1.54) is 31.4 Å². The van der Waals surface area contributed by atoms with Crippen molar-refractivity contribution in [3.8, 4) is 0 Å². The highest BCUT2D eigenvalue weighted by Crippen LogP contribution is 2.28. The number of nitrogens with zero attached hydrogens (tertiary/aromatic N) is 2. The minimum Gasteiger partial charge on any atom is -0.372 e. The molecule has 25 heavy (non-hydrogen) atoms. The molecule has 2 fully saturated rings. The summed E-state index contributed by atoms with van der Waals surface area (Å²) in [5.74, 6) is 0.803. The van der Waals surface area contributed by atoms with Crippen molar-refractivity contribution in [3.05, 3.63) is 23.8 Å². The minimum atomic E-state index is 0.118. The first-order chi connectivity index (χ1) is 12.0. The van der Waals surface area contributed by atoms with Gasteiger partial charge < -0.3 is 10.2 Å². The van der Waals surface area contributed by atoms with Gasteiger partial charge in [0.15, 0.2) is 0 Å². The number of nitrogens with one attached hydrogen (secondary N) is 1. The van der Waals surface area contributed by atoms with Crippen LogP contribution in [-0.2, 0) is 4.79 Å². The van der Waals surface area contributed by atoms with E-state index in [1.807, 2.05) is 0 Å². The van der Waals surface area contributed by atoms with Gasteiger partial charge in [-0.25, -0.2) is 0 Å². The molecule has 1 saturated carbocycles. The summed E-state index contributed by atoms with van der Waals surface area (Å²) in [6.45, 7) is 10.4. The molecule has 0 atom stereocenters. The second-order valence-corrected chi connectivity index (χ2v) is 8.13. The van der Waals surface area contributed by atoms with Crippen LogP contribution in [0.1, 0.15) is 51.5 Å². The summed E-state index contributed by atoms with van der Waals surface area (Å²) in [7, 11) is 0. The van der Waals surface area contributed by atoms with Crippen molar-refractivity contribution in [2.75, 3.05) is 36.4 Å². The first-order valence-corrected chi connectivity index (χ1v) is 9.92. The number of rotatable bonds is 8. The van der Waals surface area contributed by atoms with E-state index in [4.69, 9.17) is 0 Å². The monoisotopic (exact) mass is 343 g/mol. The maximum absolute atomic E-state index is 12.5. The van der Waals surface area contributed by atoms with Gasteiger partial charge in [-0.3, -0.25) is 9.69 Å². The van der Waals surface area contributed by atoms with Crippen molar-refractivity contribution in [2.45, 2.75) is 58.9 Å². The number of hydrogen-bond donors (Lipinski definition) is 1. The molecule has 0 unspecified atom stereocenters. The minimum absolute atomic E-state index is 0.118. The van der Waals surface area contributed by atoms with Gasteiger partial charge in [0.05, 0.1) is 6.54 Å². The molecule has 138 valence electrons. The van der Waals surface area contributed by atoms with Gasteiger partial charge in [0.25, 0.3) is 0 Å². The normalized spacial score (nSPS) is 17.6. The fourth-order valence-electron chi connectivity index (χ4n) is 3.59. The average molecular weight is 344 g/mol. The molecule has 1 aromatic carbocycles. The molecule has 0 bridgehead atoms. The Morgan fingerprint density at radius 2 is 2.00 bits per heavy atom. The molecule has 1 aliphatic heterocycles. The topological polar surface area (TPSA) is 35.6 Å². The Morgan fingerprint density at radius 1 is 1.28 bits per heavy atom. The van der Waals surface area contributed by atoms with Gasteiger partial charge >= 0.3 is 0 Å². The van der Waals surface area contributed by atoms with E-state index in [2.05, 4.69) is 54.1 Å². The van der Waals surface area contributed by atoms with Crippen LogP contribution in [0.3, 0.4) is 0 Å². The number of carbonyl (C=O) groups is 1. The van der Waals surface area contributed by atoms with E-state index >= 15 is 0 Å².